The second kappa shape index (κ2) is 7.27. The fourth-order valence-electron chi connectivity index (χ4n) is 3.44. The summed E-state index contributed by atoms with van der Waals surface area (Å²) in [4.78, 5) is 11.6. The van der Waals surface area contributed by atoms with Crippen LogP contribution in [0.3, 0.4) is 0 Å². The quantitative estimate of drug-likeness (QED) is 0.921. The van der Waals surface area contributed by atoms with Gasteiger partial charge in [0.05, 0.1) is 24.1 Å². The molecule has 0 bridgehead atoms. The minimum Gasteiger partial charge on any atom is -0.381 e. The summed E-state index contributed by atoms with van der Waals surface area (Å²) in [6, 6.07) is 2.42. The van der Waals surface area contributed by atoms with Gasteiger partial charge in [-0.25, -0.2) is 4.98 Å². The van der Waals surface area contributed by atoms with Gasteiger partial charge in [-0.1, -0.05) is 0 Å². The molecule has 128 valence electrons. The average molecular weight is 328 g/mol. The van der Waals surface area contributed by atoms with Gasteiger partial charge in [0.1, 0.15) is 11.5 Å². The largest absolute Gasteiger partial charge is 0.381 e. The van der Waals surface area contributed by atoms with E-state index in [-0.39, 0.29) is 0 Å². The van der Waals surface area contributed by atoms with Gasteiger partial charge in [0.2, 0.25) is 0 Å². The Balaban J connectivity index is 1.60. The Morgan fingerprint density at radius 2 is 2.04 bits per heavy atom. The molecule has 2 aromatic rings. The molecule has 4 heterocycles. The van der Waals surface area contributed by atoms with Crippen LogP contribution in [-0.2, 0) is 4.74 Å². The van der Waals surface area contributed by atoms with Gasteiger partial charge in [-0.2, -0.15) is 5.10 Å². The van der Waals surface area contributed by atoms with E-state index in [1.54, 1.807) is 0 Å². The van der Waals surface area contributed by atoms with Crippen LogP contribution in [0.5, 0.6) is 0 Å². The molecule has 0 atom stereocenters. The Morgan fingerprint density at radius 3 is 2.96 bits per heavy atom. The first-order valence-electron chi connectivity index (χ1n) is 8.81. The molecule has 2 fully saturated rings. The zero-order valence-corrected chi connectivity index (χ0v) is 13.9. The summed E-state index contributed by atoms with van der Waals surface area (Å²) in [5.74, 6) is 0.955. The van der Waals surface area contributed by atoms with Crippen LogP contribution < -0.4 is 10.2 Å². The Hall–Kier alpha value is -1.99. The Morgan fingerprint density at radius 1 is 1.12 bits per heavy atom. The minimum absolute atomic E-state index is 0.386. The van der Waals surface area contributed by atoms with Gasteiger partial charge in [0.15, 0.2) is 0 Å². The molecule has 0 aromatic carbocycles. The highest BCUT2D eigenvalue weighted by molar-refractivity contribution is 5.56. The second-order valence-electron chi connectivity index (χ2n) is 6.36. The van der Waals surface area contributed by atoms with Crippen molar-refractivity contribution in [2.24, 2.45) is 0 Å². The van der Waals surface area contributed by atoms with E-state index in [0.29, 0.717) is 6.04 Å². The molecular formula is C17H24N6O. The molecule has 7 heteroatoms. The van der Waals surface area contributed by atoms with Crippen molar-refractivity contribution in [3.63, 3.8) is 0 Å². The molecule has 2 aliphatic rings. The van der Waals surface area contributed by atoms with Crippen LogP contribution in [0.25, 0.3) is 11.4 Å². The lowest BCUT2D eigenvalue weighted by atomic mass is 10.1. The van der Waals surface area contributed by atoms with Crippen LogP contribution in [0, 0.1) is 0 Å². The van der Waals surface area contributed by atoms with Gasteiger partial charge in [-0.15, -0.1) is 0 Å². The fourth-order valence-corrected chi connectivity index (χ4v) is 3.44. The van der Waals surface area contributed by atoms with Crippen LogP contribution in [-0.4, -0.2) is 59.1 Å². The lowest BCUT2D eigenvalue weighted by Gasteiger charge is -2.24. The van der Waals surface area contributed by atoms with Crippen molar-refractivity contribution in [3.05, 3.63) is 24.7 Å². The predicted octanol–water partition coefficient (Wildman–Crippen LogP) is 1.49. The topological polar surface area (TPSA) is 68.1 Å². The number of anilines is 1. The molecule has 0 saturated carbocycles. The lowest BCUT2D eigenvalue weighted by Crippen LogP contribution is -2.28. The molecule has 2 aromatic heterocycles. The molecule has 24 heavy (non-hydrogen) atoms. The van der Waals surface area contributed by atoms with Gasteiger partial charge in [-0.05, 0) is 31.9 Å². The second-order valence-corrected chi connectivity index (χ2v) is 6.36. The van der Waals surface area contributed by atoms with Crippen LogP contribution in [0.15, 0.2) is 24.7 Å². The smallest absolute Gasteiger partial charge is 0.147 e. The fraction of sp³-hybridized carbons (Fsp3) is 0.588. The van der Waals surface area contributed by atoms with Crippen molar-refractivity contribution in [1.82, 2.24) is 25.1 Å². The van der Waals surface area contributed by atoms with E-state index < -0.39 is 0 Å². The van der Waals surface area contributed by atoms with Gasteiger partial charge in [0.25, 0.3) is 0 Å². The Bertz CT molecular complexity index is 659. The zero-order chi connectivity index (χ0) is 16.2. The summed E-state index contributed by atoms with van der Waals surface area (Å²) >= 11 is 0. The van der Waals surface area contributed by atoms with E-state index in [4.69, 9.17) is 9.72 Å². The first-order valence-corrected chi connectivity index (χ1v) is 8.81. The van der Waals surface area contributed by atoms with E-state index in [1.165, 1.54) is 0 Å². The number of hydrogen-bond acceptors (Lipinski definition) is 6. The van der Waals surface area contributed by atoms with Crippen molar-refractivity contribution in [2.75, 3.05) is 44.3 Å². The van der Waals surface area contributed by atoms with Gasteiger partial charge < -0.3 is 15.0 Å². The van der Waals surface area contributed by atoms with E-state index in [2.05, 4.69) is 25.0 Å². The molecule has 4 rings (SSSR count). The van der Waals surface area contributed by atoms with E-state index in [0.717, 1.165) is 75.9 Å². The lowest BCUT2D eigenvalue weighted by molar-refractivity contribution is 0.0667. The maximum Gasteiger partial charge on any atom is 0.147 e. The third kappa shape index (κ3) is 3.27. The summed E-state index contributed by atoms with van der Waals surface area (Å²) in [7, 11) is 0. The maximum atomic E-state index is 5.47. The molecule has 0 radical (unpaired) electrons. The zero-order valence-electron chi connectivity index (χ0n) is 13.9. The van der Waals surface area contributed by atoms with Crippen LogP contribution in [0.4, 0.5) is 5.82 Å². The van der Waals surface area contributed by atoms with Gasteiger partial charge in [0, 0.05) is 39.0 Å². The molecule has 2 aliphatic heterocycles. The third-order valence-electron chi connectivity index (χ3n) is 4.76. The van der Waals surface area contributed by atoms with Crippen molar-refractivity contribution in [3.8, 4) is 11.4 Å². The number of nitrogens with zero attached hydrogens (tertiary/aromatic N) is 5. The van der Waals surface area contributed by atoms with E-state index in [1.807, 2.05) is 24.7 Å². The summed E-state index contributed by atoms with van der Waals surface area (Å²) in [6.45, 7) is 5.65. The first kappa shape index (κ1) is 15.5. The Labute approximate surface area is 142 Å². The minimum atomic E-state index is 0.386. The SMILES string of the molecule is c1cc(-c2cncc(N3CCCNCC3)n2)n(C2CCOCC2)n1. The van der Waals surface area contributed by atoms with Crippen LogP contribution in [0.2, 0.25) is 0 Å². The number of aromatic nitrogens is 4. The maximum absolute atomic E-state index is 5.47. The highest BCUT2D eigenvalue weighted by Crippen LogP contribution is 2.27. The molecule has 1 N–H and O–H groups in total. The van der Waals surface area contributed by atoms with E-state index >= 15 is 0 Å². The average Bonchev–Trinajstić information content (AvgIpc) is 2.98. The molecule has 0 spiro atoms. The van der Waals surface area contributed by atoms with Crippen molar-refractivity contribution < 1.29 is 4.74 Å². The third-order valence-corrected chi connectivity index (χ3v) is 4.76. The summed E-state index contributed by atoms with van der Waals surface area (Å²) in [5.41, 5.74) is 1.94. The molecule has 0 aliphatic carbocycles. The molecule has 0 unspecified atom stereocenters. The monoisotopic (exact) mass is 328 g/mol. The summed E-state index contributed by atoms with van der Waals surface area (Å²) in [5, 5.41) is 7.97. The highest BCUT2D eigenvalue weighted by Gasteiger charge is 2.20. The number of nitrogens with one attached hydrogen (secondary N) is 1. The van der Waals surface area contributed by atoms with Crippen LogP contribution in [0.1, 0.15) is 25.3 Å². The Kier molecular flexibility index (Phi) is 4.71. The number of rotatable bonds is 3. The van der Waals surface area contributed by atoms with Crippen molar-refractivity contribution in [1.29, 1.82) is 0 Å². The molecule has 7 nitrogen and oxygen atoms in total. The number of hydrogen-bond donors (Lipinski definition) is 1. The number of ether oxygens (including phenoxy) is 1. The van der Waals surface area contributed by atoms with Crippen LogP contribution >= 0.6 is 0 Å². The molecule has 2 saturated heterocycles. The molecule has 0 amide bonds. The summed E-state index contributed by atoms with van der Waals surface area (Å²) in [6.07, 6.45) is 8.69. The standard InChI is InChI=1S/C17H24N6O/c1-5-18-7-9-22(8-1)17-13-19-12-15(21-17)16-2-6-20-23(16)14-3-10-24-11-4-14/h2,6,12-14,18H,1,3-5,7-11H2. The van der Waals surface area contributed by atoms with Crippen molar-refractivity contribution in [2.45, 2.75) is 25.3 Å². The first-order chi connectivity index (χ1) is 11.9. The molecular weight excluding hydrogens is 304 g/mol. The summed E-state index contributed by atoms with van der Waals surface area (Å²) < 4.78 is 7.57. The van der Waals surface area contributed by atoms with Gasteiger partial charge >= 0.3 is 0 Å². The van der Waals surface area contributed by atoms with Gasteiger partial charge in [-0.3, -0.25) is 9.67 Å². The van der Waals surface area contributed by atoms with Crippen molar-refractivity contribution >= 4 is 5.82 Å². The van der Waals surface area contributed by atoms with E-state index in [9.17, 15) is 0 Å². The highest BCUT2D eigenvalue weighted by atomic mass is 16.5. The predicted molar refractivity (Wildman–Crippen MR) is 92.0 cm³/mol. The normalized spacial score (nSPS) is 20.1.